The smallest absolute Gasteiger partial charge is 0.287 e. The van der Waals surface area contributed by atoms with Gasteiger partial charge in [-0.1, -0.05) is 20.3 Å². The summed E-state index contributed by atoms with van der Waals surface area (Å²) in [6, 6.07) is 0. The molecule has 84 valence electrons. The van der Waals surface area contributed by atoms with Crippen LogP contribution in [-0.2, 0) is 18.1 Å². The van der Waals surface area contributed by atoms with Crippen molar-refractivity contribution in [2.24, 2.45) is 5.92 Å². The second-order valence-electron chi connectivity index (χ2n) is 4.38. The van der Waals surface area contributed by atoms with Gasteiger partial charge in [-0.25, -0.2) is 4.57 Å². The molecule has 0 aromatic carbocycles. The van der Waals surface area contributed by atoms with Gasteiger partial charge in [0, 0.05) is 0 Å². The van der Waals surface area contributed by atoms with Crippen LogP contribution in [0.15, 0.2) is 0 Å². The van der Waals surface area contributed by atoms with E-state index in [0.29, 0.717) is 19.1 Å². The number of phosphoric ester groups is 1. The largest absolute Gasteiger partial charge is 0.475 e. The number of hydrogen-bond acceptors (Lipinski definition) is 4. The summed E-state index contributed by atoms with van der Waals surface area (Å²) in [7, 11) is -3.26. The highest BCUT2D eigenvalue weighted by atomic mass is 31.2. The van der Waals surface area contributed by atoms with Crippen molar-refractivity contribution in [3.8, 4) is 0 Å². The third-order valence-electron chi connectivity index (χ3n) is 2.14. The minimum Gasteiger partial charge on any atom is -0.287 e. The molecule has 1 saturated heterocycles. The normalized spacial score (nSPS) is 33.1. The third-order valence-corrected chi connectivity index (χ3v) is 3.77. The van der Waals surface area contributed by atoms with Gasteiger partial charge in [-0.05, 0) is 19.8 Å². The lowest BCUT2D eigenvalue weighted by Crippen LogP contribution is -2.20. The summed E-state index contributed by atoms with van der Waals surface area (Å²) in [4.78, 5) is 0. The molecule has 0 aromatic rings. The zero-order valence-electron chi connectivity index (χ0n) is 9.28. The first-order chi connectivity index (χ1) is 6.37. The van der Waals surface area contributed by atoms with E-state index in [4.69, 9.17) is 13.6 Å². The summed E-state index contributed by atoms with van der Waals surface area (Å²) < 4.78 is 27.3. The molecule has 0 aromatic heterocycles. The van der Waals surface area contributed by atoms with Gasteiger partial charge >= 0.3 is 7.82 Å². The van der Waals surface area contributed by atoms with Gasteiger partial charge in [-0.2, -0.15) is 0 Å². The Labute approximate surface area is 85.5 Å². The van der Waals surface area contributed by atoms with E-state index < -0.39 is 13.4 Å². The van der Waals surface area contributed by atoms with Gasteiger partial charge in [0.25, 0.3) is 0 Å². The Morgan fingerprint density at radius 1 is 1.57 bits per heavy atom. The first-order valence-corrected chi connectivity index (χ1v) is 6.43. The second-order valence-corrected chi connectivity index (χ2v) is 5.97. The molecule has 0 radical (unpaired) electrons. The highest BCUT2D eigenvalue weighted by Crippen LogP contribution is 2.58. The SMILES string of the molecule is CCC(C)COP1(=O)OCC(C)(C)O1. The molecule has 2 unspecified atom stereocenters. The van der Waals surface area contributed by atoms with Crippen LogP contribution in [0.4, 0.5) is 0 Å². The molecule has 5 heteroatoms. The fourth-order valence-electron chi connectivity index (χ4n) is 0.990. The topological polar surface area (TPSA) is 44.8 Å². The molecular weight excluding hydrogens is 203 g/mol. The molecule has 1 aliphatic rings. The zero-order chi connectivity index (χ0) is 10.8. The van der Waals surface area contributed by atoms with E-state index >= 15 is 0 Å². The van der Waals surface area contributed by atoms with E-state index in [1.54, 1.807) is 0 Å². The molecule has 4 nitrogen and oxygen atoms in total. The Morgan fingerprint density at radius 2 is 2.21 bits per heavy atom. The number of phosphoric acid groups is 1. The maximum Gasteiger partial charge on any atom is 0.475 e. The molecule has 1 fully saturated rings. The molecule has 0 N–H and O–H groups in total. The van der Waals surface area contributed by atoms with Gasteiger partial charge in [-0.15, -0.1) is 0 Å². The molecule has 2 atom stereocenters. The van der Waals surface area contributed by atoms with Crippen LogP contribution >= 0.6 is 7.82 Å². The van der Waals surface area contributed by atoms with Crippen LogP contribution in [0.25, 0.3) is 0 Å². The molecule has 0 bridgehead atoms. The quantitative estimate of drug-likeness (QED) is 0.686. The number of hydrogen-bond donors (Lipinski definition) is 0. The van der Waals surface area contributed by atoms with Gasteiger partial charge in [0.05, 0.1) is 18.8 Å². The van der Waals surface area contributed by atoms with Crippen molar-refractivity contribution in [1.82, 2.24) is 0 Å². The predicted molar refractivity (Wildman–Crippen MR) is 54.1 cm³/mol. The lowest BCUT2D eigenvalue weighted by molar-refractivity contribution is 0.111. The van der Waals surface area contributed by atoms with Crippen molar-refractivity contribution in [2.45, 2.75) is 39.7 Å². The van der Waals surface area contributed by atoms with Crippen molar-refractivity contribution in [2.75, 3.05) is 13.2 Å². The molecule has 14 heavy (non-hydrogen) atoms. The van der Waals surface area contributed by atoms with Crippen molar-refractivity contribution in [3.05, 3.63) is 0 Å². The molecule has 0 spiro atoms. The van der Waals surface area contributed by atoms with Crippen LogP contribution in [0.3, 0.4) is 0 Å². The van der Waals surface area contributed by atoms with Crippen molar-refractivity contribution < 1.29 is 18.1 Å². The Kier molecular flexibility index (Phi) is 3.75. The maximum absolute atomic E-state index is 11.8. The summed E-state index contributed by atoms with van der Waals surface area (Å²) in [5, 5.41) is 0. The zero-order valence-corrected chi connectivity index (χ0v) is 10.2. The van der Waals surface area contributed by atoms with E-state index in [0.717, 1.165) is 6.42 Å². The van der Waals surface area contributed by atoms with Crippen molar-refractivity contribution in [1.29, 1.82) is 0 Å². The Morgan fingerprint density at radius 3 is 2.64 bits per heavy atom. The van der Waals surface area contributed by atoms with Crippen LogP contribution in [0.2, 0.25) is 0 Å². The summed E-state index contributed by atoms with van der Waals surface area (Å²) in [6.45, 7) is 8.50. The van der Waals surface area contributed by atoms with Gasteiger partial charge in [-0.3, -0.25) is 13.6 Å². The first-order valence-electron chi connectivity index (χ1n) is 4.97. The van der Waals surface area contributed by atoms with E-state index in [-0.39, 0.29) is 0 Å². The fraction of sp³-hybridized carbons (Fsp3) is 1.00. The van der Waals surface area contributed by atoms with E-state index in [1.165, 1.54) is 0 Å². The molecule has 1 rings (SSSR count). The molecular formula is C9H19O4P. The first kappa shape index (κ1) is 12.2. The van der Waals surface area contributed by atoms with Gasteiger partial charge < -0.3 is 0 Å². The lowest BCUT2D eigenvalue weighted by Gasteiger charge is -2.16. The summed E-state index contributed by atoms with van der Waals surface area (Å²) in [5.41, 5.74) is -0.495. The average molecular weight is 222 g/mol. The molecule has 0 aliphatic carbocycles. The van der Waals surface area contributed by atoms with Crippen LogP contribution < -0.4 is 0 Å². The maximum atomic E-state index is 11.8. The Bertz CT molecular complexity index is 239. The molecule has 1 heterocycles. The second kappa shape index (κ2) is 4.31. The monoisotopic (exact) mass is 222 g/mol. The molecule has 0 amide bonds. The molecule has 0 saturated carbocycles. The van der Waals surface area contributed by atoms with Crippen molar-refractivity contribution >= 4 is 7.82 Å². The van der Waals surface area contributed by atoms with Gasteiger partial charge in [0.1, 0.15) is 0 Å². The molecule has 1 aliphatic heterocycles. The van der Waals surface area contributed by atoms with Gasteiger partial charge in [0.2, 0.25) is 0 Å². The third kappa shape index (κ3) is 3.35. The summed E-state index contributed by atoms with van der Waals surface area (Å²) in [6.07, 6.45) is 0.989. The Hall–Kier alpha value is 0.110. The van der Waals surface area contributed by atoms with Gasteiger partial charge in [0.15, 0.2) is 0 Å². The highest BCUT2D eigenvalue weighted by Gasteiger charge is 2.43. The van der Waals surface area contributed by atoms with Crippen molar-refractivity contribution in [3.63, 3.8) is 0 Å². The van der Waals surface area contributed by atoms with Crippen LogP contribution in [0.5, 0.6) is 0 Å². The lowest BCUT2D eigenvalue weighted by atomic mass is 10.1. The summed E-state index contributed by atoms with van der Waals surface area (Å²) >= 11 is 0. The van der Waals surface area contributed by atoms with E-state index in [9.17, 15) is 4.57 Å². The van der Waals surface area contributed by atoms with Crippen LogP contribution in [0.1, 0.15) is 34.1 Å². The minimum absolute atomic E-state index is 0.324. The summed E-state index contributed by atoms with van der Waals surface area (Å²) in [5.74, 6) is 0.372. The fourth-order valence-corrected chi connectivity index (χ4v) is 2.73. The predicted octanol–water partition coefficient (Wildman–Crippen LogP) is 2.98. The number of rotatable bonds is 4. The van der Waals surface area contributed by atoms with Crippen LogP contribution in [-0.4, -0.2) is 18.8 Å². The van der Waals surface area contributed by atoms with Crippen LogP contribution in [0, 0.1) is 5.92 Å². The highest BCUT2D eigenvalue weighted by molar-refractivity contribution is 7.48. The standard InChI is InChI=1S/C9H19O4P/c1-5-8(2)6-11-14(10)12-7-9(3,4)13-14/h8H,5-7H2,1-4H3. The Balaban J connectivity index is 2.42. The van der Waals surface area contributed by atoms with E-state index in [2.05, 4.69) is 6.92 Å². The van der Waals surface area contributed by atoms with E-state index in [1.807, 2.05) is 20.8 Å². The average Bonchev–Trinajstić information content (AvgIpc) is 2.37. The minimum atomic E-state index is -3.26.